The van der Waals surface area contributed by atoms with Crippen molar-refractivity contribution in [1.82, 2.24) is 20.3 Å². The third-order valence-electron chi connectivity index (χ3n) is 5.83. The molecule has 0 aromatic heterocycles. The molecule has 1 aliphatic heterocycles. The average molecular weight is 443 g/mol. The first-order chi connectivity index (χ1) is 14.2. The molecule has 3 unspecified atom stereocenters. The van der Waals surface area contributed by atoms with Crippen LogP contribution < -0.4 is 15.4 Å². The molecule has 4 amide bonds. The summed E-state index contributed by atoms with van der Waals surface area (Å²) in [6.45, 7) is 0.197. The topological polar surface area (TPSA) is 145 Å². The Morgan fingerprint density at radius 3 is 2.73 bits per heavy atom. The summed E-state index contributed by atoms with van der Waals surface area (Å²) in [7, 11) is -2.13. The Hall–Kier alpha value is -2.14. The van der Waals surface area contributed by atoms with E-state index in [2.05, 4.69) is 15.4 Å². The Morgan fingerprint density at radius 1 is 1.33 bits per heavy atom. The number of amides is 4. The SMILES string of the molecule is CN1CCCCC=CC2CC2(C(=O)NS(=O)(=O)C2CC2)NC(=O)C(CCO)NC1=O. The van der Waals surface area contributed by atoms with E-state index < -0.39 is 44.7 Å². The molecule has 2 fully saturated rings. The van der Waals surface area contributed by atoms with E-state index in [9.17, 15) is 27.9 Å². The van der Waals surface area contributed by atoms with Crippen molar-refractivity contribution in [3.05, 3.63) is 12.2 Å². The number of hydrogen-bond donors (Lipinski definition) is 4. The lowest BCUT2D eigenvalue weighted by Gasteiger charge is -2.25. The molecule has 2 saturated carbocycles. The first-order valence-corrected chi connectivity index (χ1v) is 11.9. The summed E-state index contributed by atoms with van der Waals surface area (Å²) in [6.07, 6.45) is 7.45. The van der Waals surface area contributed by atoms with E-state index in [4.69, 9.17) is 0 Å². The minimum atomic E-state index is -3.76. The Balaban J connectivity index is 1.81. The predicted molar refractivity (Wildman–Crippen MR) is 109 cm³/mol. The largest absolute Gasteiger partial charge is 0.396 e. The van der Waals surface area contributed by atoms with Crippen molar-refractivity contribution in [3.8, 4) is 0 Å². The second-order valence-corrected chi connectivity index (χ2v) is 10.3. The molecule has 0 radical (unpaired) electrons. The number of fused-ring (bicyclic) bond motifs is 1. The summed E-state index contributed by atoms with van der Waals surface area (Å²) >= 11 is 0. The second-order valence-electron chi connectivity index (χ2n) is 8.31. The fourth-order valence-electron chi connectivity index (χ4n) is 3.60. The molecular formula is C19H30N4O6S. The van der Waals surface area contributed by atoms with Crippen LogP contribution in [0.15, 0.2) is 12.2 Å². The maximum Gasteiger partial charge on any atom is 0.317 e. The zero-order chi connectivity index (χ0) is 21.9. The molecule has 30 heavy (non-hydrogen) atoms. The summed E-state index contributed by atoms with van der Waals surface area (Å²) in [5.74, 6) is -1.71. The zero-order valence-electron chi connectivity index (χ0n) is 17.1. The normalized spacial score (nSPS) is 30.5. The Labute approximate surface area is 176 Å². The minimum absolute atomic E-state index is 0.0238. The number of aliphatic hydroxyl groups is 1. The van der Waals surface area contributed by atoms with E-state index >= 15 is 0 Å². The molecule has 0 aromatic carbocycles. The van der Waals surface area contributed by atoms with Gasteiger partial charge in [-0.05, 0) is 44.9 Å². The summed E-state index contributed by atoms with van der Waals surface area (Å²) in [5.41, 5.74) is -1.37. The number of hydrogen-bond acceptors (Lipinski definition) is 6. The number of allylic oxidation sites excluding steroid dienone is 1. The molecule has 0 saturated heterocycles. The third-order valence-corrected chi connectivity index (χ3v) is 7.64. The zero-order valence-corrected chi connectivity index (χ0v) is 17.9. The van der Waals surface area contributed by atoms with Gasteiger partial charge in [0.25, 0.3) is 5.91 Å². The van der Waals surface area contributed by atoms with Gasteiger partial charge in [0.2, 0.25) is 15.9 Å². The van der Waals surface area contributed by atoms with Crippen molar-refractivity contribution in [2.75, 3.05) is 20.2 Å². The van der Waals surface area contributed by atoms with Gasteiger partial charge >= 0.3 is 6.03 Å². The van der Waals surface area contributed by atoms with Gasteiger partial charge < -0.3 is 20.6 Å². The van der Waals surface area contributed by atoms with Gasteiger partial charge in [0, 0.05) is 26.1 Å². The molecule has 0 bridgehead atoms. The highest BCUT2D eigenvalue weighted by atomic mass is 32.2. The van der Waals surface area contributed by atoms with E-state index in [0.717, 1.165) is 19.3 Å². The number of aliphatic hydroxyl groups excluding tert-OH is 1. The number of nitrogens with zero attached hydrogens (tertiary/aromatic N) is 1. The van der Waals surface area contributed by atoms with Crippen molar-refractivity contribution in [2.24, 2.45) is 5.92 Å². The maximum atomic E-state index is 12.9. The molecule has 4 N–H and O–H groups in total. The molecule has 10 nitrogen and oxygen atoms in total. The van der Waals surface area contributed by atoms with E-state index in [-0.39, 0.29) is 25.4 Å². The standard InChI is InChI=1S/C19H30N4O6S/c1-23-10-5-3-2-4-6-13-12-19(13,17(26)22-30(28,29)14-7-8-14)21-16(25)15(9-11-24)20-18(23)27/h4,6,13-15,24H,2-3,5,7-12H2,1H3,(H,20,27)(H,21,25)(H,22,26). The Bertz CT molecular complexity index is 825. The number of nitrogens with one attached hydrogen (secondary N) is 3. The van der Waals surface area contributed by atoms with Crippen LogP contribution in [0.4, 0.5) is 4.79 Å². The molecule has 3 rings (SSSR count). The van der Waals surface area contributed by atoms with Crippen molar-refractivity contribution >= 4 is 27.9 Å². The Morgan fingerprint density at radius 2 is 2.07 bits per heavy atom. The number of rotatable bonds is 5. The van der Waals surface area contributed by atoms with Crippen LogP contribution in [0.2, 0.25) is 0 Å². The fraction of sp³-hybridized carbons (Fsp3) is 0.737. The van der Waals surface area contributed by atoms with Crippen LogP contribution >= 0.6 is 0 Å². The lowest BCUT2D eigenvalue weighted by molar-refractivity contribution is -0.130. The highest BCUT2D eigenvalue weighted by molar-refractivity contribution is 7.91. The van der Waals surface area contributed by atoms with E-state index in [1.807, 2.05) is 12.2 Å². The number of urea groups is 1. The molecule has 11 heteroatoms. The molecule has 3 aliphatic rings. The van der Waals surface area contributed by atoms with Crippen LogP contribution in [0, 0.1) is 5.92 Å². The third kappa shape index (κ3) is 5.12. The van der Waals surface area contributed by atoms with Crippen molar-refractivity contribution < 1.29 is 27.9 Å². The van der Waals surface area contributed by atoms with Gasteiger partial charge in [0.1, 0.15) is 11.6 Å². The van der Waals surface area contributed by atoms with Crippen LogP contribution in [0.1, 0.15) is 44.9 Å². The minimum Gasteiger partial charge on any atom is -0.396 e. The van der Waals surface area contributed by atoms with Gasteiger partial charge in [-0.15, -0.1) is 0 Å². The van der Waals surface area contributed by atoms with Gasteiger partial charge in [-0.2, -0.15) is 0 Å². The second kappa shape index (κ2) is 8.93. The first-order valence-electron chi connectivity index (χ1n) is 10.4. The van der Waals surface area contributed by atoms with Crippen LogP contribution in [-0.2, 0) is 19.6 Å². The molecule has 168 valence electrons. The molecule has 1 heterocycles. The van der Waals surface area contributed by atoms with Crippen LogP contribution in [0.3, 0.4) is 0 Å². The molecule has 0 aromatic rings. The molecule has 0 spiro atoms. The molecular weight excluding hydrogens is 412 g/mol. The molecule has 2 aliphatic carbocycles. The van der Waals surface area contributed by atoms with Crippen LogP contribution in [0.5, 0.6) is 0 Å². The quantitative estimate of drug-likeness (QED) is 0.427. The number of carbonyl (C=O) groups excluding carboxylic acids is 3. The monoisotopic (exact) mass is 442 g/mol. The van der Waals surface area contributed by atoms with E-state index in [1.54, 1.807) is 7.05 Å². The van der Waals surface area contributed by atoms with Gasteiger partial charge in [0.15, 0.2) is 0 Å². The summed E-state index contributed by atoms with van der Waals surface area (Å²) in [5, 5.41) is 14.0. The van der Waals surface area contributed by atoms with Crippen LogP contribution in [-0.4, -0.2) is 73.3 Å². The number of carbonyl (C=O) groups is 3. The van der Waals surface area contributed by atoms with Gasteiger partial charge in [-0.25, -0.2) is 13.2 Å². The summed E-state index contributed by atoms with van der Waals surface area (Å²) in [6, 6.07) is -1.49. The summed E-state index contributed by atoms with van der Waals surface area (Å²) < 4.78 is 26.6. The first kappa shape index (κ1) is 22.5. The fourth-order valence-corrected chi connectivity index (χ4v) is 4.96. The van der Waals surface area contributed by atoms with Crippen LogP contribution in [0.25, 0.3) is 0 Å². The lowest BCUT2D eigenvalue weighted by atomic mass is 10.1. The molecule has 3 atom stereocenters. The van der Waals surface area contributed by atoms with Crippen molar-refractivity contribution in [1.29, 1.82) is 0 Å². The lowest BCUT2D eigenvalue weighted by Crippen LogP contribution is -2.58. The average Bonchev–Trinajstić information content (AvgIpc) is 3.58. The van der Waals surface area contributed by atoms with Gasteiger partial charge in [0.05, 0.1) is 5.25 Å². The van der Waals surface area contributed by atoms with E-state index in [1.165, 1.54) is 4.90 Å². The maximum absolute atomic E-state index is 12.9. The Kier molecular flexibility index (Phi) is 6.71. The van der Waals surface area contributed by atoms with Crippen molar-refractivity contribution in [3.63, 3.8) is 0 Å². The van der Waals surface area contributed by atoms with Crippen molar-refractivity contribution in [2.45, 2.75) is 61.8 Å². The highest BCUT2D eigenvalue weighted by Crippen LogP contribution is 2.45. The summed E-state index contributed by atoms with van der Waals surface area (Å²) in [4.78, 5) is 39.6. The van der Waals surface area contributed by atoms with E-state index in [0.29, 0.717) is 19.4 Å². The highest BCUT2D eigenvalue weighted by Gasteiger charge is 2.61. The predicted octanol–water partition coefficient (Wildman–Crippen LogP) is -0.398. The van der Waals surface area contributed by atoms with Gasteiger partial charge in [-0.1, -0.05) is 12.2 Å². The van der Waals surface area contributed by atoms with Gasteiger partial charge in [-0.3, -0.25) is 14.3 Å². The smallest absolute Gasteiger partial charge is 0.317 e. The number of sulfonamides is 1.